The molecule has 0 atom stereocenters. The summed E-state index contributed by atoms with van der Waals surface area (Å²) in [6.45, 7) is 4.47. The topological polar surface area (TPSA) is 35.5 Å². The summed E-state index contributed by atoms with van der Waals surface area (Å²) in [4.78, 5) is 12.2. The number of rotatable bonds is 8. The number of esters is 1. The van der Waals surface area contributed by atoms with Gasteiger partial charge in [0.1, 0.15) is 0 Å². The highest BCUT2D eigenvalue weighted by atomic mass is 19.2. The van der Waals surface area contributed by atoms with Gasteiger partial charge in [-0.1, -0.05) is 33.1 Å². The summed E-state index contributed by atoms with van der Waals surface area (Å²) in [6, 6.07) is 2.58. The van der Waals surface area contributed by atoms with E-state index < -0.39 is 17.6 Å². The van der Waals surface area contributed by atoms with Gasteiger partial charge in [0.15, 0.2) is 11.5 Å². The number of hydrogen-bond donors (Lipinski definition) is 0. The minimum absolute atomic E-state index is 0.147. The summed E-state index contributed by atoms with van der Waals surface area (Å²) in [5, 5.41) is 0. The van der Waals surface area contributed by atoms with E-state index >= 15 is 0 Å². The number of halogens is 2. The molecule has 1 aliphatic rings. The van der Waals surface area contributed by atoms with Gasteiger partial charge in [0.25, 0.3) is 0 Å². The number of benzene rings is 1. The standard InChI is InChI=1S/C20H28F2O3/c1-3-5-13-24-16-11-12-17(19(22)18(16)21)25-20(23)15-9-7-14(6-4-2)8-10-15/h11-12,14-15H,3-10,13H2,1-2H3/t14-,15-. The quantitative estimate of drug-likeness (QED) is 0.343. The summed E-state index contributed by atoms with van der Waals surface area (Å²) < 4.78 is 38.5. The van der Waals surface area contributed by atoms with E-state index in [0.717, 1.165) is 44.9 Å². The summed E-state index contributed by atoms with van der Waals surface area (Å²) in [6.07, 6.45) is 7.50. The van der Waals surface area contributed by atoms with Crippen LogP contribution < -0.4 is 9.47 Å². The van der Waals surface area contributed by atoms with Gasteiger partial charge in [0.2, 0.25) is 11.6 Å². The molecule has 0 saturated heterocycles. The van der Waals surface area contributed by atoms with Gasteiger partial charge < -0.3 is 9.47 Å². The number of carbonyl (C=O) groups excluding carboxylic acids is 1. The van der Waals surface area contributed by atoms with Crippen molar-refractivity contribution in [3.63, 3.8) is 0 Å². The molecular weight excluding hydrogens is 326 g/mol. The van der Waals surface area contributed by atoms with Crippen molar-refractivity contribution in [3.8, 4) is 11.5 Å². The first-order chi connectivity index (χ1) is 12.1. The van der Waals surface area contributed by atoms with Crippen LogP contribution >= 0.6 is 0 Å². The number of hydrogen-bond acceptors (Lipinski definition) is 3. The summed E-state index contributed by atoms with van der Waals surface area (Å²) in [7, 11) is 0. The third kappa shape index (κ3) is 5.41. The van der Waals surface area contributed by atoms with Gasteiger partial charge in [-0.25, -0.2) is 0 Å². The van der Waals surface area contributed by atoms with Crippen LogP contribution in [-0.2, 0) is 4.79 Å². The molecule has 0 N–H and O–H groups in total. The fourth-order valence-corrected chi connectivity index (χ4v) is 3.32. The van der Waals surface area contributed by atoms with Gasteiger partial charge in [0, 0.05) is 0 Å². The van der Waals surface area contributed by atoms with Crippen molar-refractivity contribution in [1.82, 2.24) is 0 Å². The third-order valence-corrected chi connectivity index (χ3v) is 4.85. The van der Waals surface area contributed by atoms with E-state index in [1.807, 2.05) is 6.92 Å². The molecule has 1 saturated carbocycles. The molecule has 0 amide bonds. The maximum Gasteiger partial charge on any atom is 0.314 e. The highest BCUT2D eigenvalue weighted by molar-refractivity contribution is 5.75. The molecule has 0 bridgehead atoms. The van der Waals surface area contributed by atoms with E-state index in [2.05, 4.69) is 6.92 Å². The zero-order valence-corrected chi connectivity index (χ0v) is 15.2. The van der Waals surface area contributed by atoms with Gasteiger partial charge >= 0.3 is 5.97 Å². The zero-order chi connectivity index (χ0) is 18.2. The molecule has 2 rings (SSSR count). The van der Waals surface area contributed by atoms with Crippen molar-refractivity contribution in [2.75, 3.05) is 6.61 Å². The van der Waals surface area contributed by atoms with Crippen LogP contribution in [0.5, 0.6) is 11.5 Å². The van der Waals surface area contributed by atoms with Gasteiger partial charge in [-0.15, -0.1) is 0 Å². The lowest BCUT2D eigenvalue weighted by Gasteiger charge is -2.26. The molecule has 25 heavy (non-hydrogen) atoms. The zero-order valence-electron chi connectivity index (χ0n) is 15.2. The van der Waals surface area contributed by atoms with Gasteiger partial charge in [-0.2, -0.15) is 8.78 Å². The smallest absolute Gasteiger partial charge is 0.314 e. The highest BCUT2D eigenvalue weighted by Crippen LogP contribution is 2.33. The molecule has 1 aliphatic carbocycles. The maximum atomic E-state index is 14.1. The van der Waals surface area contributed by atoms with E-state index in [-0.39, 0.29) is 17.4 Å². The molecular formula is C20H28F2O3. The molecule has 1 aromatic carbocycles. The van der Waals surface area contributed by atoms with Crippen LogP contribution in [-0.4, -0.2) is 12.6 Å². The van der Waals surface area contributed by atoms with Crippen LogP contribution in [0.4, 0.5) is 8.78 Å². The van der Waals surface area contributed by atoms with Crippen molar-refractivity contribution in [3.05, 3.63) is 23.8 Å². The Hall–Kier alpha value is -1.65. The van der Waals surface area contributed by atoms with Crippen LogP contribution in [0.15, 0.2) is 12.1 Å². The van der Waals surface area contributed by atoms with Crippen LogP contribution in [0, 0.1) is 23.5 Å². The van der Waals surface area contributed by atoms with Crippen molar-refractivity contribution in [1.29, 1.82) is 0 Å². The van der Waals surface area contributed by atoms with Crippen LogP contribution in [0.2, 0.25) is 0 Å². The Morgan fingerprint density at radius 3 is 2.32 bits per heavy atom. The minimum atomic E-state index is -1.16. The van der Waals surface area contributed by atoms with E-state index in [1.165, 1.54) is 18.6 Å². The fraction of sp³-hybridized carbons (Fsp3) is 0.650. The normalized spacial score (nSPS) is 20.3. The second-order valence-corrected chi connectivity index (χ2v) is 6.82. The Morgan fingerprint density at radius 1 is 1.04 bits per heavy atom. The lowest BCUT2D eigenvalue weighted by atomic mass is 9.80. The van der Waals surface area contributed by atoms with E-state index in [1.54, 1.807) is 0 Å². The lowest BCUT2D eigenvalue weighted by Crippen LogP contribution is -2.26. The molecule has 1 aromatic rings. The van der Waals surface area contributed by atoms with E-state index in [9.17, 15) is 13.6 Å². The van der Waals surface area contributed by atoms with Crippen molar-refractivity contribution in [2.45, 2.75) is 65.2 Å². The summed E-state index contributed by atoms with van der Waals surface area (Å²) in [5.74, 6) is -2.80. The van der Waals surface area contributed by atoms with Crippen molar-refractivity contribution < 1.29 is 23.0 Å². The lowest BCUT2D eigenvalue weighted by molar-refractivity contribution is -0.140. The summed E-state index contributed by atoms with van der Waals surface area (Å²) >= 11 is 0. The molecule has 140 valence electrons. The average molecular weight is 354 g/mol. The maximum absolute atomic E-state index is 14.1. The Kier molecular flexibility index (Phi) is 7.66. The highest BCUT2D eigenvalue weighted by Gasteiger charge is 2.28. The molecule has 5 heteroatoms. The molecule has 0 radical (unpaired) electrons. The Balaban J connectivity index is 1.93. The second-order valence-electron chi connectivity index (χ2n) is 6.82. The third-order valence-electron chi connectivity index (χ3n) is 4.85. The second kappa shape index (κ2) is 9.73. The van der Waals surface area contributed by atoms with E-state index in [0.29, 0.717) is 12.5 Å². The summed E-state index contributed by atoms with van der Waals surface area (Å²) in [5.41, 5.74) is 0. The molecule has 3 nitrogen and oxygen atoms in total. The predicted octanol–water partition coefficient (Wildman–Crippen LogP) is 5.66. The van der Waals surface area contributed by atoms with Crippen LogP contribution in [0.25, 0.3) is 0 Å². The van der Waals surface area contributed by atoms with Gasteiger partial charge in [0.05, 0.1) is 12.5 Å². The van der Waals surface area contributed by atoms with Crippen LogP contribution in [0.3, 0.4) is 0 Å². The Labute approximate surface area is 148 Å². The number of carbonyl (C=O) groups is 1. The first-order valence-electron chi connectivity index (χ1n) is 9.39. The fourth-order valence-electron chi connectivity index (χ4n) is 3.32. The molecule has 0 aliphatic heterocycles. The molecule has 0 aromatic heterocycles. The molecule has 1 fully saturated rings. The van der Waals surface area contributed by atoms with Gasteiger partial charge in [-0.05, 0) is 50.2 Å². The number of unbranched alkanes of at least 4 members (excludes halogenated alkanes) is 1. The molecule has 0 unspecified atom stereocenters. The molecule has 0 heterocycles. The first-order valence-corrected chi connectivity index (χ1v) is 9.39. The first kappa shape index (κ1) is 19.7. The van der Waals surface area contributed by atoms with E-state index in [4.69, 9.17) is 9.47 Å². The Bertz CT molecular complexity index is 566. The predicted molar refractivity (Wildman–Crippen MR) is 92.8 cm³/mol. The average Bonchev–Trinajstić information content (AvgIpc) is 2.62. The monoisotopic (exact) mass is 354 g/mol. The Morgan fingerprint density at radius 2 is 1.68 bits per heavy atom. The van der Waals surface area contributed by atoms with Crippen molar-refractivity contribution >= 4 is 5.97 Å². The SMILES string of the molecule is CCCCOc1ccc(OC(=O)[C@H]2CC[C@H](CCC)CC2)c(F)c1F. The van der Waals surface area contributed by atoms with Crippen LogP contribution in [0.1, 0.15) is 65.2 Å². The largest absolute Gasteiger partial charge is 0.490 e. The van der Waals surface area contributed by atoms with Gasteiger partial charge in [-0.3, -0.25) is 4.79 Å². The molecule has 0 spiro atoms. The van der Waals surface area contributed by atoms with Crippen molar-refractivity contribution in [2.24, 2.45) is 11.8 Å². The minimum Gasteiger partial charge on any atom is -0.490 e. The number of ether oxygens (including phenoxy) is 2.